The van der Waals surface area contributed by atoms with Crippen LogP contribution in [0.4, 0.5) is 8.78 Å². The molecule has 2 heterocycles. The van der Waals surface area contributed by atoms with Gasteiger partial charge in [0.1, 0.15) is 5.83 Å². The van der Waals surface area contributed by atoms with E-state index in [9.17, 15) is 17.2 Å². The molecule has 1 aromatic rings. The molecule has 2 atom stereocenters. The molecule has 0 unspecified atom stereocenters. The van der Waals surface area contributed by atoms with Crippen molar-refractivity contribution >= 4 is 10.0 Å². The van der Waals surface area contributed by atoms with E-state index >= 15 is 0 Å². The van der Waals surface area contributed by atoms with Crippen molar-refractivity contribution in [2.75, 3.05) is 26.0 Å². The second-order valence-electron chi connectivity index (χ2n) is 9.20. The van der Waals surface area contributed by atoms with Gasteiger partial charge in [0.2, 0.25) is 0 Å². The molecule has 1 aromatic heterocycles. The predicted molar refractivity (Wildman–Crippen MR) is 131 cm³/mol. The lowest BCUT2D eigenvalue weighted by atomic mass is 10.0. The van der Waals surface area contributed by atoms with Gasteiger partial charge in [-0.1, -0.05) is 44.6 Å². The van der Waals surface area contributed by atoms with Crippen molar-refractivity contribution < 1.29 is 21.9 Å². The highest BCUT2D eigenvalue weighted by Crippen LogP contribution is 2.24. The van der Waals surface area contributed by atoms with E-state index in [0.717, 1.165) is 34.6 Å². The number of nitrogens with zero attached hydrogens (tertiary/aromatic N) is 3. The first-order chi connectivity index (χ1) is 16.1. The Morgan fingerprint density at radius 3 is 2.29 bits per heavy atom. The first kappa shape index (κ1) is 28.6. The van der Waals surface area contributed by atoms with Crippen molar-refractivity contribution in [1.29, 1.82) is 0 Å². The zero-order valence-corrected chi connectivity index (χ0v) is 21.5. The Labute approximate surface area is 203 Å². The summed E-state index contributed by atoms with van der Waals surface area (Å²) >= 11 is 0. The van der Waals surface area contributed by atoms with Crippen LogP contribution in [0.1, 0.15) is 70.9 Å². The summed E-state index contributed by atoms with van der Waals surface area (Å²) in [6.45, 7) is 6.57. The highest BCUT2D eigenvalue weighted by atomic mass is 32.2. The van der Waals surface area contributed by atoms with Crippen molar-refractivity contribution in [3.63, 3.8) is 0 Å². The lowest BCUT2D eigenvalue weighted by molar-refractivity contribution is 0.00557. The molecular formula is C24H40F2N4O3S. The predicted octanol–water partition coefficient (Wildman–Crippen LogP) is 4.46. The fourth-order valence-corrected chi connectivity index (χ4v) is 4.63. The van der Waals surface area contributed by atoms with Gasteiger partial charge in [0.05, 0.1) is 25.2 Å². The Balaban J connectivity index is 0.000000237. The highest BCUT2D eigenvalue weighted by Gasteiger charge is 2.25. The smallest absolute Gasteiger partial charge is 0.250 e. The monoisotopic (exact) mass is 502 g/mol. The molecular weight excluding hydrogens is 462 g/mol. The van der Waals surface area contributed by atoms with E-state index in [2.05, 4.69) is 16.9 Å². The Hall–Kier alpha value is -1.62. The molecule has 0 amide bonds. The number of nitrogens with two attached hydrogens (primary N) is 1. The average molecular weight is 503 g/mol. The summed E-state index contributed by atoms with van der Waals surface area (Å²) in [5, 5.41) is 4.10. The fourth-order valence-electron chi connectivity index (χ4n) is 4.09. The van der Waals surface area contributed by atoms with Crippen LogP contribution in [0, 0.1) is 0 Å². The van der Waals surface area contributed by atoms with E-state index < -0.39 is 21.7 Å². The van der Waals surface area contributed by atoms with Crippen LogP contribution in [-0.2, 0) is 21.3 Å². The van der Waals surface area contributed by atoms with Gasteiger partial charge < -0.3 is 10.5 Å². The molecule has 7 nitrogen and oxygen atoms in total. The molecule has 0 spiro atoms. The Morgan fingerprint density at radius 2 is 1.82 bits per heavy atom. The number of likely N-dealkylation sites (N-methyl/N-ethyl adjacent to an activating group) is 1. The molecule has 0 aromatic carbocycles. The fraction of sp³-hybridized carbons (Fsp3) is 0.708. The SMILES string of the molecule is C1CCCC1.CC1=CC(F)=C(F)CC1.CCN(Cc1ccn(S(C)(=O)=O)n1)[C@H]1COC[C@@H](N)C1. The third-order valence-corrected chi connectivity index (χ3v) is 6.97. The molecule has 34 heavy (non-hydrogen) atoms. The lowest BCUT2D eigenvalue weighted by Gasteiger charge is -2.35. The van der Waals surface area contributed by atoms with Gasteiger partial charge in [0.25, 0.3) is 10.0 Å². The molecule has 4 rings (SSSR count). The first-order valence-corrected chi connectivity index (χ1v) is 14.0. The number of ether oxygens (including phenoxy) is 1. The van der Waals surface area contributed by atoms with Crippen molar-refractivity contribution in [2.24, 2.45) is 5.73 Å². The van der Waals surface area contributed by atoms with Crippen LogP contribution in [0.25, 0.3) is 0 Å². The van der Waals surface area contributed by atoms with Crippen molar-refractivity contribution in [1.82, 2.24) is 14.1 Å². The van der Waals surface area contributed by atoms with Crippen LogP contribution in [0.2, 0.25) is 0 Å². The Kier molecular flexibility index (Phi) is 11.8. The molecule has 2 N–H and O–H groups in total. The topological polar surface area (TPSA) is 90.5 Å². The number of halogens is 2. The van der Waals surface area contributed by atoms with Gasteiger partial charge in [-0.05, 0) is 38.5 Å². The van der Waals surface area contributed by atoms with E-state index in [4.69, 9.17) is 10.5 Å². The van der Waals surface area contributed by atoms with E-state index in [0.29, 0.717) is 26.2 Å². The second-order valence-corrected chi connectivity index (χ2v) is 11.0. The minimum atomic E-state index is -3.32. The quantitative estimate of drug-likeness (QED) is 0.640. The summed E-state index contributed by atoms with van der Waals surface area (Å²) < 4.78 is 53.7. The minimum Gasteiger partial charge on any atom is -0.378 e. The zero-order valence-electron chi connectivity index (χ0n) is 20.7. The molecule has 1 aliphatic heterocycles. The van der Waals surface area contributed by atoms with Gasteiger partial charge in [0, 0.05) is 31.2 Å². The van der Waals surface area contributed by atoms with Crippen LogP contribution in [-0.4, -0.2) is 60.6 Å². The van der Waals surface area contributed by atoms with Gasteiger partial charge in [-0.15, -0.1) is 0 Å². The maximum absolute atomic E-state index is 12.3. The van der Waals surface area contributed by atoms with E-state index in [1.54, 1.807) is 13.0 Å². The Bertz CT molecular complexity index is 919. The van der Waals surface area contributed by atoms with Gasteiger partial charge in [-0.3, -0.25) is 4.90 Å². The molecule has 2 aliphatic carbocycles. The van der Waals surface area contributed by atoms with Crippen LogP contribution >= 0.6 is 0 Å². The number of rotatable bonds is 5. The standard InChI is InChI=1S/C12H22N4O3S.C7H8F2.C5H10/c1-3-15(12-6-10(13)8-19-9-12)7-11-4-5-16(14-11)20(2,17)18;1-5-2-3-6(8)7(9)4-5;1-2-4-5-3-1/h4-5,10,12H,3,6-9,13H2,1-2H3;4H,2-3H2,1H3;1-5H2/t10-,12+;;/m0../s1. The Morgan fingerprint density at radius 1 is 1.18 bits per heavy atom. The number of allylic oxidation sites excluding steroid dienone is 4. The highest BCUT2D eigenvalue weighted by molar-refractivity contribution is 7.89. The molecule has 0 radical (unpaired) electrons. The van der Waals surface area contributed by atoms with Gasteiger partial charge >= 0.3 is 0 Å². The molecule has 194 valence electrons. The zero-order chi connectivity index (χ0) is 25.1. The normalized spacial score (nSPS) is 23.1. The van der Waals surface area contributed by atoms with E-state index in [1.165, 1.54) is 44.4 Å². The number of aromatic nitrogens is 2. The molecule has 3 aliphatic rings. The van der Waals surface area contributed by atoms with Crippen LogP contribution in [0.15, 0.2) is 35.6 Å². The molecule has 1 saturated heterocycles. The number of hydrogen-bond donors (Lipinski definition) is 1. The van der Waals surface area contributed by atoms with Gasteiger partial charge in [-0.2, -0.15) is 9.19 Å². The maximum Gasteiger partial charge on any atom is 0.250 e. The molecule has 2 fully saturated rings. The van der Waals surface area contributed by atoms with Crippen LogP contribution in [0.3, 0.4) is 0 Å². The van der Waals surface area contributed by atoms with E-state index in [-0.39, 0.29) is 18.5 Å². The molecule has 10 heteroatoms. The van der Waals surface area contributed by atoms with Crippen LogP contribution in [0.5, 0.6) is 0 Å². The molecule has 1 saturated carbocycles. The minimum absolute atomic E-state index is 0.0661. The van der Waals surface area contributed by atoms with Crippen molar-refractivity contribution in [2.45, 2.75) is 83.8 Å². The van der Waals surface area contributed by atoms with Gasteiger partial charge in [0.15, 0.2) is 5.83 Å². The summed E-state index contributed by atoms with van der Waals surface area (Å²) in [6.07, 6.45) is 13.1. The number of hydrogen-bond acceptors (Lipinski definition) is 6. The van der Waals surface area contributed by atoms with Crippen molar-refractivity contribution in [3.8, 4) is 0 Å². The summed E-state index contributed by atoms with van der Waals surface area (Å²) in [5.41, 5.74) is 7.57. The van der Waals surface area contributed by atoms with Crippen molar-refractivity contribution in [3.05, 3.63) is 41.3 Å². The third-order valence-electron chi connectivity index (χ3n) is 6.09. The summed E-state index contributed by atoms with van der Waals surface area (Å²) in [7, 11) is -3.32. The summed E-state index contributed by atoms with van der Waals surface area (Å²) in [5.74, 6) is -1.31. The average Bonchev–Trinajstić information content (AvgIpc) is 3.50. The lowest BCUT2D eigenvalue weighted by Crippen LogP contribution is -2.47. The molecule has 0 bridgehead atoms. The maximum atomic E-state index is 12.3. The third kappa shape index (κ3) is 9.93. The summed E-state index contributed by atoms with van der Waals surface area (Å²) in [6, 6.07) is 2.05. The van der Waals surface area contributed by atoms with E-state index in [1.807, 2.05) is 0 Å². The largest absolute Gasteiger partial charge is 0.378 e. The van der Waals surface area contributed by atoms with Gasteiger partial charge in [-0.25, -0.2) is 17.2 Å². The second kappa shape index (κ2) is 14.1. The first-order valence-electron chi connectivity index (χ1n) is 12.1. The van der Waals surface area contributed by atoms with Crippen LogP contribution < -0.4 is 5.73 Å². The summed E-state index contributed by atoms with van der Waals surface area (Å²) in [4.78, 5) is 2.22.